The summed E-state index contributed by atoms with van der Waals surface area (Å²) in [5.41, 5.74) is 1.13. The van der Waals surface area contributed by atoms with Crippen molar-refractivity contribution in [3.05, 3.63) is 48.0 Å². The number of hydrogen-bond donors (Lipinski definition) is 1. The van der Waals surface area contributed by atoms with Crippen molar-refractivity contribution in [3.63, 3.8) is 0 Å². The van der Waals surface area contributed by atoms with Gasteiger partial charge in [-0.2, -0.15) is 0 Å². The molecular formula is C11H14NO2+. The highest BCUT2D eigenvalue weighted by atomic mass is 16.6. The first kappa shape index (κ1) is 10.3. The number of nitrogens with zero attached hydrogens (tertiary/aromatic N) is 1. The van der Waals surface area contributed by atoms with Gasteiger partial charge in [-0.25, -0.2) is 4.58 Å². The highest BCUT2D eigenvalue weighted by Gasteiger charge is 2.02. The van der Waals surface area contributed by atoms with E-state index in [2.05, 4.69) is 11.5 Å². The molecule has 0 saturated carbocycles. The van der Waals surface area contributed by atoms with Crippen molar-refractivity contribution >= 4 is 6.72 Å². The molecule has 1 aromatic carbocycles. The van der Waals surface area contributed by atoms with Gasteiger partial charge in [-0.05, 0) is 0 Å². The fraction of sp³-hybridized carbons (Fsp3) is 0.182. The Balaban J connectivity index is 2.58. The molecule has 0 aliphatic heterocycles. The van der Waals surface area contributed by atoms with E-state index in [-0.39, 0.29) is 5.95 Å². The lowest BCUT2D eigenvalue weighted by atomic mass is 10.2. The minimum atomic E-state index is -0.143. The van der Waals surface area contributed by atoms with Gasteiger partial charge in [0.15, 0.2) is 6.54 Å². The topological polar surface area (TPSA) is 32.5 Å². The molecule has 74 valence electrons. The van der Waals surface area contributed by atoms with Gasteiger partial charge in [0.1, 0.15) is 6.72 Å². The summed E-state index contributed by atoms with van der Waals surface area (Å²) in [5, 5.41) is 9.06. The second kappa shape index (κ2) is 5.07. The van der Waals surface area contributed by atoms with Gasteiger partial charge in [0.25, 0.3) is 0 Å². The number of aliphatic hydroxyl groups excluding tert-OH is 1. The maximum Gasteiger partial charge on any atom is 0.343 e. The van der Waals surface area contributed by atoms with E-state index in [1.165, 1.54) is 13.3 Å². The minimum Gasteiger partial charge on any atom is -0.477 e. The molecule has 0 aliphatic rings. The van der Waals surface area contributed by atoms with Gasteiger partial charge >= 0.3 is 5.95 Å². The van der Waals surface area contributed by atoms with E-state index in [4.69, 9.17) is 5.11 Å². The normalized spacial score (nSPS) is 11.1. The summed E-state index contributed by atoms with van der Waals surface area (Å²) in [4.78, 5) is 0. The fourth-order valence-corrected chi connectivity index (χ4v) is 1.07. The molecule has 1 N–H and O–H groups in total. The van der Waals surface area contributed by atoms with Crippen molar-refractivity contribution in [2.24, 2.45) is 0 Å². The van der Waals surface area contributed by atoms with Crippen LogP contribution in [-0.4, -0.2) is 23.5 Å². The van der Waals surface area contributed by atoms with Crippen LogP contribution in [0.4, 0.5) is 0 Å². The molecule has 0 aromatic heterocycles. The number of rotatable bonds is 4. The predicted molar refractivity (Wildman–Crippen MR) is 55.2 cm³/mol. The van der Waals surface area contributed by atoms with Crippen molar-refractivity contribution in [3.8, 4) is 0 Å². The Morgan fingerprint density at radius 3 is 2.71 bits per heavy atom. The molecule has 0 atom stereocenters. The first-order valence-corrected chi connectivity index (χ1v) is 4.28. The molecule has 0 saturated heterocycles. The zero-order valence-electron chi connectivity index (χ0n) is 8.18. The molecule has 14 heavy (non-hydrogen) atoms. The van der Waals surface area contributed by atoms with E-state index in [1.807, 2.05) is 30.3 Å². The second-order valence-electron chi connectivity index (χ2n) is 2.90. The molecular weight excluding hydrogens is 178 g/mol. The Hall–Kier alpha value is -1.77. The van der Waals surface area contributed by atoms with Crippen LogP contribution >= 0.6 is 0 Å². The molecule has 1 rings (SSSR count). The lowest BCUT2D eigenvalue weighted by Crippen LogP contribution is -2.03. The third-order valence-corrected chi connectivity index (χ3v) is 1.73. The van der Waals surface area contributed by atoms with Gasteiger partial charge in [0, 0.05) is 5.56 Å². The van der Waals surface area contributed by atoms with Crippen molar-refractivity contribution in [2.45, 2.75) is 6.54 Å². The SMILES string of the molecule is C=[N+](/C=C(/O)OC)Cc1ccccc1. The van der Waals surface area contributed by atoms with Crippen LogP contribution in [0.2, 0.25) is 0 Å². The van der Waals surface area contributed by atoms with Crippen molar-refractivity contribution in [1.29, 1.82) is 0 Å². The van der Waals surface area contributed by atoms with Crippen LogP contribution in [0.25, 0.3) is 0 Å². The highest BCUT2D eigenvalue weighted by Crippen LogP contribution is 2.01. The zero-order valence-corrected chi connectivity index (χ0v) is 8.18. The van der Waals surface area contributed by atoms with E-state index in [9.17, 15) is 0 Å². The Labute approximate surface area is 83.6 Å². The van der Waals surface area contributed by atoms with Crippen LogP contribution in [0, 0.1) is 0 Å². The number of benzene rings is 1. The van der Waals surface area contributed by atoms with Gasteiger partial charge in [0.2, 0.25) is 6.20 Å². The van der Waals surface area contributed by atoms with Crippen LogP contribution in [-0.2, 0) is 11.3 Å². The smallest absolute Gasteiger partial charge is 0.343 e. The molecule has 0 fully saturated rings. The monoisotopic (exact) mass is 192 g/mol. The van der Waals surface area contributed by atoms with Gasteiger partial charge in [-0.1, -0.05) is 30.3 Å². The van der Waals surface area contributed by atoms with Crippen LogP contribution in [0.1, 0.15) is 5.56 Å². The average Bonchev–Trinajstić information content (AvgIpc) is 2.19. The van der Waals surface area contributed by atoms with Gasteiger partial charge < -0.3 is 9.84 Å². The van der Waals surface area contributed by atoms with Crippen LogP contribution in [0.3, 0.4) is 0 Å². The van der Waals surface area contributed by atoms with E-state index in [0.717, 1.165) is 5.56 Å². The summed E-state index contributed by atoms with van der Waals surface area (Å²) < 4.78 is 6.20. The summed E-state index contributed by atoms with van der Waals surface area (Å²) >= 11 is 0. The number of ether oxygens (including phenoxy) is 1. The largest absolute Gasteiger partial charge is 0.477 e. The fourth-order valence-electron chi connectivity index (χ4n) is 1.07. The number of aliphatic hydroxyl groups is 1. The first-order valence-electron chi connectivity index (χ1n) is 4.28. The first-order chi connectivity index (χ1) is 6.72. The molecule has 1 aromatic rings. The summed E-state index contributed by atoms with van der Waals surface area (Å²) in [5.74, 6) is -0.143. The van der Waals surface area contributed by atoms with Crippen molar-refractivity contribution < 1.29 is 14.4 Å². The molecule has 3 nitrogen and oxygen atoms in total. The minimum absolute atomic E-state index is 0.143. The zero-order chi connectivity index (χ0) is 10.4. The quantitative estimate of drug-likeness (QED) is 0.449. The third-order valence-electron chi connectivity index (χ3n) is 1.73. The van der Waals surface area contributed by atoms with Gasteiger partial charge in [-0.3, -0.25) is 0 Å². The van der Waals surface area contributed by atoms with E-state index < -0.39 is 0 Å². The number of methoxy groups -OCH3 is 1. The Kier molecular flexibility index (Phi) is 3.73. The summed E-state index contributed by atoms with van der Waals surface area (Å²) in [7, 11) is 1.40. The van der Waals surface area contributed by atoms with E-state index in [0.29, 0.717) is 6.54 Å². The Bertz CT molecular complexity index is 330. The maximum atomic E-state index is 9.06. The Morgan fingerprint density at radius 1 is 1.50 bits per heavy atom. The second-order valence-corrected chi connectivity index (χ2v) is 2.90. The maximum absolute atomic E-state index is 9.06. The average molecular weight is 192 g/mol. The van der Waals surface area contributed by atoms with Gasteiger partial charge in [-0.15, -0.1) is 0 Å². The Morgan fingerprint density at radius 2 is 2.14 bits per heavy atom. The lowest BCUT2D eigenvalue weighted by Gasteiger charge is -1.97. The lowest BCUT2D eigenvalue weighted by molar-refractivity contribution is -0.469. The van der Waals surface area contributed by atoms with Crippen molar-refractivity contribution in [1.82, 2.24) is 0 Å². The summed E-state index contributed by atoms with van der Waals surface area (Å²) in [6.45, 7) is 4.37. The third kappa shape index (κ3) is 3.31. The van der Waals surface area contributed by atoms with Crippen LogP contribution in [0.5, 0.6) is 0 Å². The molecule has 0 unspecified atom stereocenters. The summed E-state index contributed by atoms with van der Waals surface area (Å²) in [6.07, 6.45) is 1.44. The van der Waals surface area contributed by atoms with Crippen LogP contribution in [0.15, 0.2) is 42.5 Å². The van der Waals surface area contributed by atoms with E-state index in [1.54, 1.807) is 4.58 Å². The highest BCUT2D eigenvalue weighted by molar-refractivity contribution is 5.18. The van der Waals surface area contributed by atoms with Crippen LogP contribution < -0.4 is 0 Å². The number of hydrogen-bond acceptors (Lipinski definition) is 2. The summed E-state index contributed by atoms with van der Waals surface area (Å²) in [6, 6.07) is 9.87. The van der Waals surface area contributed by atoms with Gasteiger partial charge in [0.05, 0.1) is 7.11 Å². The molecule has 0 spiro atoms. The molecule has 3 heteroatoms. The van der Waals surface area contributed by atoms with E-state index >= 15 is 0 Å². The molecule has 0 aliphatic carbocycles. The standard InChI is InChI=1S/C11H13NO2/c1-12(9-11(13)14-2)8-10-6-4-3-5-7-10/h3-7,9H,1,8H2,2H3/p+1/b11-9-. The van der Waals surface area contributed by atoms with Crippen molar-refractivity contribution in [2.75, 3.05) is 7.11 Å². The molecule has 0 heterocycles. The molecule has 0 amide bonds. The predicted octanol–water partition coefficient (Wildman–Crippen LogP) is 1.90. The molecule has 0 bridgehead atoms. The molecule has 0 radical (unpaired) electrons.